The molecular weight excluding hydrogens is 112 g/mol. The lowest BCUT2D eigenvalue weighted by atomic mass is 10.4. The maximum Gasteiger partial charge on any atom is 0.516 e. The molecule has 0 bridgehead atoms. The second kappa shape index (κ2) is 1.81. The number of carbonyl (C=O) groups is 2. The summed E-state index contributed by atoms with van der Waals surface area (Å²) in [6.07, 6.45) is 0.221. The maximum absolute atomic E-state index is 10.1. The third-order valence-electron chi connectivity index (χ3n) is 0.635. The van der Waals surface area contributed by atoms with Gasteiger partial charge in [0.15, 0.2) is 0 Å². The van der Waals surface area contributed by atoms with Crippen molar-refractivity contribution < 1.29 is 19.1 Å². The Balaban J connectivity index is 2.45. The van der Waals surface area contributed by atoms with Crippen molar-refractivity contribution in [3.63, 3.8) is 0 Å². The molecule has 1 saturated heterocycles. The van der Waals surface area contributed by atoms with Gasteiger partial charge >= 0.3 is 12.1 Å². The lowest BCUT2D eigenvalue weighted by Crippen LogP contribution is -2.22. The Labute approximate surface area is 45.4 Å². The van der Waals surface area contributed by atoms with E-state index in [1.165, 1.54) is 0 Å². The van der Waals surface area contributed by atoms with Gasteiger partial charge in [0.1, 0.15) is 13.0 Å². The number of cyclic esters (lactones) is 3. The largest absolute Gasteiger partial charge is 0.516 e. The van der Waals surface area contributed by atoms with Crippen LogP contribution in [0.2, 0.25) is 0 Å². The van der Waals surface area contributed by atoms with Crippen LogP contribution in [0, 0.1) is 6.42 Å². The van der Waals surface area contributed by atoms with Crippen LogP contribution in [0.15, 0.2) is 0 Å². The van der Waals surface area contributed by atoms with Crippen molar-refractivity contribution in [3.05, 3.63) is 6.42 Å². The summed E-state index contributed by atoms with van der Waals surface area (Å²) in [6, 6.07) is 0. The summed E-state index contributed by atoms with van der Waals surface area (Å²) in [6.45, 7) is 0.0255. The standard InChI is InChI=1S/C4H3O4/c5-3-1-2-7-4(6)8-3/h1H,2H2. The Morgan fingerprint density at radius 2 is 2.25 bits per heavy atom. The number of hydrogen-bond donors (Lipinski definition) is 0. The molecule has 0 spiro atoms. The molecule has 8 heavy (non-hydrogen) atoms. The second-order valence-corrected chi connectivity index (χ2v) is 1.19. The highest BCUT2D eigenvalue weighted by molar-refractivity contribution is 5.89. The van der Waals surface area contributed by atoms with Crippen LogP contribution in [-0.2, 0) is 14.3 Å². The van der Waals surface area contributed by atoms with Gasteiger partial charge in [-0.05, 0) is 0 Å². The Kier molecular flexibility index (Phi) is 1.15. The van der Waals surface area contributed by atoms with Gasteiger partial charge in [-0.25, -0.2) is 4.79 Å². The smallest absolute Gasteiger partial charge is 0.433 e. The van der Waals surface area contributed by atoms with E-state index in [0.29, 0.717) is 0 Å². The van der Waals surface area contributed by atoms with Crippen LogP contribution in [0.25, 0.3) is 0 Å². The Morgan fingerprint density at radius 1 is 1.50 bits per heavy atom. The number of esters is 1. The van der Waals surface area contributed by atoms with Gasteiger partial charge in [-0.15, -0.1) is 0 Å². The molecule has 1 aliphatic rings. The van der Waals surface area contributed by atoms with E-state index < -0.39 is 12.1 Å². The molecule has 1 rings (SSSR count). The maximum atomic E-state index is 10.1. The normalized spacial score (nSPS) is 19.5. The zero-order valence-corrected chi connectivity index (χ0v) is 3.92. The van der Waals surface area contributed by atoms with Crippen molar-refractivity contribution in [2.75, 3.05) is 6.61 Å². The molecule has 1 aliphatic heterocycles. The fraction of sp³-hybridized carbons (Fsp3) is 0.250. The first-order valence-corrected chi connectivity index (χ1v) is 2.01. The van der Waals surface area contributed by atoms with E-state index in [2.05, 4.69) is 9.47 Å². The van der Waals surface area contributed by atoms with E-state index in [1.807, 2.05) is 0 Å². The Bertz CT molecular complexity index is 114. The van der Waals surface area contributed by atoms with Gasteiger partial charge in [0.05, 0.1) is 0 Å². The van der Waals surface area contributed by atoms with E-state index in [0.717, 1.165) is 6.42 Å². The number of carbonyl (C=O) groups excluding carboxylic acids is 2. The highest BCUT2D eigenvalue weighted by atomic mass is 16.7. The fourth-order valence-corrected chi connectivity index (χ4v) is 0.331. The summed E-state index contributed by atoms with van der Waals surface area (Å²) in [5.41, 5.74) is 0. The van der Waals surface area contributed by atoms with Crippen molar-refractivity contribution in [2.24, 2.45) is 0 Å². The van der Waals surface area contributed by atoms with Gasteiger partial charge in [0.2, 0.25) is 0 Å². The average molecular weight is 115 g/mol. The molecule has 4 heteroatoms. The quantitative estimate of drug-likeness (QED) is 0.326. The predicted octanol–water partition coefficient (Wildman–Crippen LogP) is -0.116. The lowest BCUT2D eigenvalue weighted by molar-refractivity contribution is -0.139. The summed E-state index contributed by atoms with van der Waals surface area (Å²) in [5.74, 6) is -0.638. The first-order valence-electron chi connectivity index (χ1n) is 2.01. The van der Waals surface area contributed by atoms with Crippen molar-refractivity contribution in [1.29, 1.82) is 0 Å². The van der Waals surface area contributed by atoms with Gasteiger partial charge in [-0.1, -0.05) is 0 Å². The minimum absolute atomic E-state index is 0.0255. The summed E-state index contributed by atoms with van der Waals surface area (Å²) in [7, 11) is 0. The fourth-order valence-electron chi connectivity index (χ4n) is 0.331. The van der Waals surface area contributed by atoms with Gasteiger partial charge < -0.3 is 9.47 Å². The third kappa shape index (κ3) is 0.959. The van der Waals surface area contributed by atoms with Gasteiger partial charge in [0, 0.05) is 0 Å². The molecule has 1 heterocycles. The zero-order chi connectivity index (χ0) is 5.98. The van der Waals surface area contributed by atoms with E-state index in [4.69, 9.17) is 0 Å². The highest BCUT2D eigenvalue weighted by Crippen LogP contribution is 1.97. The van der Waals surface area contributed by atoms with Crippen molar-refractivity contribution in [1.82, 2.24) is 0 Å². The molecule has 0 aromatic rings. The topological polar surface area (TPSA) is 52.6 Å². The molecule has 0 amide bonds. The number of hydrogen-bond acceptors (Lipinski definition) is 4. The first kappa shape index (κ1) is 5.08. The molecule has 43 valence electrons. The minimum atomic E-state index is -0.919. The van der Waals surface area contributed by atoms with Crippen molar-refractivity contribution in [3.8, 4) is 0 Å². The summed E-state index contributed by atoms with van der Waals surface area (Å²) in [5, 5.41) is 0. The second-order valence-electron chi connectivity index (χ2n) is 1.19. The molecule has 0 N–H and O–H groups in total. The summed E-state index contributed by atoms with van der Waals surface area (Å²) >= 11 is 0. The van der Waals surface area contributed by atoms with E-state index >= 15 is 0 Å². The monoisotopic (exact) mass is 115 g/mol. The average Bonchev–Trinajstić information content (AvgIpc) is 1.64. The van der Waals surface area contributed by atoms with E-state index in [-0.39, 0.29) is 6.61 Å². The van der Waals surface area contributed by atoms with Crippen molar-refractivity contribution in [2.45, 2.75) is 0 Å². The molecular formula is C4H3O4. The van der Waals surface area contributed by atoms with Crippen LogP contribution in [0.1, 0.15) is 0 Å². The molecule has 4 nitrogen and oxygen atoms in total. The molecule has 0 aromatic heterocycles. The molecule has 1 fully saturated rings. The van der Waals surface area contributed by atoms with Crippen LogP contribution >= 0.6 is 0 Å². The predicted molar refractivity (Wildman–Crippen MR) is 21.7 cm³/mol. The molecule has 0 aliphatic carbocycles. The van der Waals surface area contributed by atoms with E-state index in [9.17, 15) is 9.59 Å². The van der Waals surface area contributed by atoms with Crippen LogP contribution in [-0.4, -0.2) is 18.7 Å². The van der Waals surface area contributed by atoms with Crippen LogP contribution in [0.5, 0.6) is 0 Å². The van der Waals surface area contributed by atoms with Crippen LogP contribution in [0.4, 0.5) is 4.79 Å². The SMILES string of the molecule is O=C1[CH]COC(=O)O1. The Morgan fingerprint density at radius 3 is 2.62 bits per heavy atom. The van der Waals surface area contributed by atoms with Crippen LogP contribution < -0.4 is 0 Å². The van der Waals surface area contributed by atoms with Crippen LogP contribution in [0.3, 0.4) is 0 Å². The lowest BCUT2D eigenvalue weighted by Gasteiger charge is -2.07. The van der Waals surface area contributed by atoms with E-state index in [1.54, 1.807) is 0 Å². The minimum Gasteiger partial charge on any atom is -0.433 e. The number of ether oxygens (including phenoxy) is 2. The Hall–Kier alpha value is -1.06. The molecule has 0 saturated carbocycles. The van der Waals surface area contributed by atoms with Gasteiger partial charge in [-0.2, -0.15) is 0 Å². The highest BCUT2D eigenvalue weighted by Gasteiger charge is 2.17. The summed E-state index contributed by atoms with van der Waals surface area (Å²) < 4.78 is 8.14. The summed E-state index contributed by atoms with van der Waals surface area (Å²) in [4.78, 5) is 20.1. The first-order chi connectivity index (χ1) is 3.79. The number of rotatable bonds is 0. The zero-order valence-electron chi connectivity index (χ0n) is 3.92. The van der Waals surface area contributed by atoms with Gasteiger partial charge in [-0.3, -0.25) is 4.79 Å². The third-order valence-corrected chi connectivity index (χ3v) is 0.635. The molecule has 1 radical (unpaired) electrons. The molecule has 0 atom stereocenters. The van der Waals surface area contributed by atoms with Crippen molar-refractivity contribution >= 4 is 12.1 Å². The van der Waals surface area contributed by atoms with Gasteiger partial charge in [0.25, 0.3) is 0 Å². The molecule has 0 unspecified atom stereocenters. The molecule has 0 aromatic carbocycles.